The number of hydrogen-bond donors (Lipinski definition) is 2. The number of alkyl halides is 2. The molecule has 0 saturated heterocycles. The Morgan fingerprint density at radius 2 is 1.75 bits per heavy atom. The summed E-state index contributed by atoms with van der Waals surface area (Å²) >= 11 is 7.82. The third kappa shape index (κ3) is 2.68. The second kappa shape index (κ2) is 6.49. The van der Waals surface area contributed by atoms with Gasteiger partial charge in [0.2, 0.25) is 0 Å². The van der Waals surface area contributed by atoms with E-state index in [1.807, 2.05) is 6.92 Å². The summed E-state index contributed by atoms with van der Waals surface area (Å²) in [5, 5.41) is 23.5. The monoisotopic (exact) mass is 464 g/mol. The van der Waals surface area contributed by atoms with Crippen molar-refractivity contribution in [3.8, 4) is 0 Å². The average molecular weight is 466 g/mol. The van der Waals surface area contributed by atoms with Crippen molar-refractivity contribution in [3.05, 3.63) is 0 Å². The van der Waals surface area contributed by atoms with E-state index in [9.17, 15) is 10.2 Å². The highest BCUT2D eigenvalue weighted by molar-refractivity contribution is 9.09. The fourth-order valence-electron chi connectivity index (χ4n) is 7.03. The molecule has 3 fully saturated rings. The van der Waals surface area contributed by atoms with Crippen molar-refractivity contribution in [1.82, 2.24) is 0 Å². The molecule has 0 spiro atoms. The van der Waals surface area contributed by atoms with Crippen LogP contribution in [0.25, 0.3) is 0 Å². The predicted molar refractivity (Wildman–Crippen MR) is 107 cm³/mol. The molecule has 8 atom stereocenters. The van der Waals surface area contributed by atoms with E-state index in [2.05, 4.69) is 52.6 Å². The molecule has 140 valence electrons. The van der Waals surface area contributed by atoms with Gasteiger partial charge in [0.1, 0.15) is 0 Å². The molecule has 3 rings (SSSR count). The third-order valence-electron chi connectivity index (χ3n) is 8.13. The Kier molecular flexibility index (Phi) is 5.31. The van der Waals surface area contributed by atoms with Crippen molar-refractivity contribution in [2.24, 2.45) is 34.5 Å². The third-order valence-corrected chi connectivity index (χ3v) is 10.7. The number of hydrogen-bond acceptors (Lipinski definition) is 2. The summed E-state index contributed by atoms with van der Waals surface area (Å²) in [7, 11) is 0. The number of rotatable bonds is 2. The molecule has 0 aromatic rings. The SMILES string of the molecule is CC(C)[C@@H]1CC[C@H](O)[C@H]2[C@H]3[C@](C)(CC[C@@]21CBr)[C@@H](Br)CC[C@@]3(C)O. The van der Waals surface area contributed by atoms with Crippen molar-refractivity contribution >= 4 is 31.9 Å². The Morgan fingerprint density at radius 1 is 1.08 bits per heavy atom. The summed E-state index contributed by atoms with van der Waals surface area (Å²) in [6.07, 6.45) is 5.87. The number of fused-ring (bicyclic) bond motifs is 3. The smallest absolute Gasteiger partial charge is 0.0657 e. The van der Waals surface area contributed by atoms with Gasteiger partial charge in [-0.3, -0.25) is 0 Å². The molecule has 4 heteroatoms. The second-order valence-corrected chi connectivity index (χ2v) is 11.4. The Bertz CT molecular complexity index is 480. The van der Waals surface area contributed by atoms with Gasteiger partial charge in [0.15, 0.2) is 0 Å². The van der Waals surface area contributed by atoms with Crippen LogP contribution < -0.4 is 0 Å². The lowest BCUT2D eigenvalue weighted by atomic mass is 9.40. The van der Waals surface area contributed by atoms with Crippen LogP contribution in [0.3, 0.4) is 0 Å². The van der Waals surface area contributed by atoms with Gasteiger partial charge in [0, 0.05) is 10.2 Å². The Balaban J connectivity index is 2.12. The van der Waals surface area contributed by atoms with Gasteiger partial charge in [0.25, 0.3) is 0 Å². The summed E-state index contributed by atoms with van der Waals surface area (Å²) in [5.74, 6) is 1.59. The zero-order valence-corrected chi connectivity index (χ0v) is 18.7. The van der Waals surface area contributed by atoms with Gasteiger partial charge in [-0.25, -0.2) is 0 Å². The van der Waals surface area contributed by atoms with E-state index in [4.69, 9.17) is 0 Å². The van der Waals surface area contributed by atoms with Gasteiger partial charge < -0.3 is 10.2 Å². The lowest BCUT2D eigenvalue weighted by Crippen LogP contribution is -2.67. The zero-order valence-electron chi connectivity index (χ0n) is 15.6. The standard InChI is InChI=1S/C20H34Br2O2/c1-12(2)13-5-6-14(23)16-17-18(3,9-10-20(13,16)11-21)15(22)7-8-19(17,4)24/h12-17,23-24H,5-11H2,1-4H3/t13-,14-,15-,16-,17-,18+,19+,20-/m0/s1. The fourth-order valence-corrected chi connectivity index (χ4v) is 8.84. The molecule has 0 aromatic carbocycles. The predicted octanol–water partition coefficient (Wildman–Crippen LogP) is 5.14. The molecule has 0 bridgehead atoms. The molecule has 0 heterocycles. The Morgan fingerprint density at radius 3 is 2.33 bits per heavy atom. The van der Waals surface area contributed by atoms with Crippen LogP contribution in [0.15, 0.2) is 0 Å². The second-order valence-electron chi connectivity index (χ2n) is 9.73. The van der Waals surface area contributed by atoms with Crippen LogP contribution in [0.5, 0.6) is 0 Å². The number of aliphatic hydroxyl groups excluding tert-OH is 1. The van der Waals surface area contributed by atoms with Crippen LogP contribution in [0.4, 0.5) is 0 Å². The van der Waals surface area contributed by atoms with Crippen molar-refractivity contribution < 1.29 is 10.2 Å². The Hall–Kier alpha value is 0.880. The van der Waals surface area contributed by atoms with E-state index in [-0.39, 0.29) is 28.8 Å². The van der Waals surface area contributed by atoms with E-state index < -0.39 is 5.60 Å². The van der Waals surface area contributed by atoms with Crippen molar-refractivity contribution in [2.75, 3.05) is 5.33 Å². The van der Waals surface area contributed by atoms with Crippen molar-refractivity contribution in [2.45, 2.75) is 82.8 Å². The molecule has 24 heavy (non-hydrogen) atoms. The minimum atomic E-state index is -0.683. The minimum Gasteiger partial charge on any atom is -0.393 e. The number of halogens is 2. The highest BCUT2D eigenvalue weighted by Crippen LogP contribution is 2.68. The van der Waals surface area contributed by atoms with Crippen molar-refractivity contribution in [1.29, 1.82) is 0 Å². The van der Waals surface area contributed by atoms with Gasteiger partial charge in [-0.1, -0.05) is 52.6 Å². The molecule has 0 amide bonds. The van der Waals surface area contributed by atoms with E-state index >= 15 is 0 Å². The molecular formula is C20H34Br2O2. The van der Waals surface area contributed by atoms with Crippen LogP contribution in [-0.4, -0.2) is 32.1 Å². The lowest BCUT2D eigenvalue weighted by Gasteiger charge is -2.67. The summed E-state index contributed by atoms with van der Waals surface area (Å²) in [6, 6.07) is 0. The average Bonchev–Trinajstić information content (AvgIpc) is 2.51. The van der Waals surface area contributed by atoms with Crippen molar-refractivity contribution in [3.63, 3.8) is 0 Å². The normalized spacial score (nSPS) is 55.1. The maximum atomic E-state index is 11.4. The largest absolute Gasteiger partial charge is 0.393 e. The van der Waals surface area contributed by atoms with Crippen LogP contribution >= 0.6 is 31.9 Å². The van der Waals surface area contributed by atoms with Gasteiger partial charge in [0.05, 0.1) is 11.7 Å². The molecule has 3 aliphatic rings. The molecule has 2 nitrogen and oxygen atoms in total. The highest BCUT2D eigenvalue weighted by Gasteiger charge is 2.66. The van der Waals surface area contributed by atoms with E-state index in [0.717, 1.165) is 43.9 Å². The molecule has 0 unspecified atom stereocenters. The first-order valence-corrected chi connectivity index (χ1v) is 11.7. The molecule has 3 aliphatic carbocycles. The first-order valence-electron chi connectivity index (χ1n) is 9.70. The summed E-state index contributed by atoms with van der Waals surface area (Å²) in [5.41, 5.74) is -0.501. The van der Waals surface area contributed by atoms with Crippen LogP contribution in [0, 0.1) is 34.5 Å². The quantitative estimate of drug-likeness (QED) is 0.554. The van der Waals surface area contributed by atoms with Gasteiger partial charge in [-0.2, -0.15) is 0 Å². The van der Waals surface area contributed by atoms with E-state index in [1.54, 1.807) is 0 Å². The molecule has 0 aliphatic heterocycles. The Labute approximate surface area is 164 Å². The summed E-state index contributed by atoms with van der Waals surface area (Å²) < 4.78 is 0. The van der Waals surface area contributed by atoms with Gasteiger partial charge >= 0.3 is 0 Å². The highest BCUT2D eigenvalue weighted by atomic mass is 79.9. The van der Waals surface area contributed by atoms with Gasteiger partial charge in [-0.15, -0.1) is 0 Å². The zero-order chi connectivity index (χ0) is 17.9. The van der Waals surface area contributed by atoms with Crippen LogP contribution in [0.1, 0.15) is 66.2 Å². The van der Waals surface area contributed by atoms with Gasteiger partial charge in [-0.05, 0) is 80.0 Å². The minimum absolute atomic E-state index is 0.0674. The fraction of sp³-hybridized carbons (Fsp3) is 1.00. The van der Waals surface area contributed by atoms with E-state index in [1.165, 1.54) is 0 Å². The molecule has 0 aromatic heterocycles. The maximum Gasteiger partial charge on any atom is 0.0657 e. The topological polar surface area (TPSA) is 40.5 Å². The molecule has 0 radical (unpaired) electrons. The molecule has 3 saturated carbocycles. The van der Waals surface area contributed by atoms with Crippen LogP contribution in [-0.2, 0) is 0 Å². The molecule has 2 N–H and O–H groups in total. The maximum absolute atomic E-state index is 11.4. The number of aliphatic hydroxyl groups is 2. The molecular weight excluding hydrogens is 432 g/mol. The summed E-state index contributed by atoms with van der Waals surface area (Å²) in [4.78, 5) is 0.440. The first-order chi connectivity index (χ1) is 11.1. The van der Waals surface area contributed by atoms with E-state index in [0.29, 0.717) is 16.7 Å². The van der Waals surface area contributed by atoms with Crippen LogP contribution in [0.2, 0.25) is 0 Å². The summed E-state index contributed by atoms with van der Waals surface area (Å²) in [6.45, 7) is 9.06. The lowest BCUT2D eigenvalue weighted by molar-refractivity contribution is -0.222. The first kappa shape index (κ1) is 19.6.